The molecule has 2 amide bonds. The molecule has 1 atom stereocenters. The molecule has 0 aliphatic heterocycles. The second kappa shape index (κ2) is 11.2. The fourth-order valence-corrected chi connectivity index (χ4v) is 4.19. The number of carbonyl (C=O) groups excluding carboxylic acids is 3. The first-order valence-electron chi connectivity index (χ1n) is 11.1. The maximum absolute atomic E-state index is 12.7. The zero-order valence-corrected chi connectivity index (χ0v) is 18.6. The monoisotopic (exact) mass is 458 g/mol. The number of rotatable bonds is 10. The van der Waals surface area contributed by atoms with Crippen molar-refractivity contribution in [2.75, 3.05) is 19.9 Å². The fourth-order valence-electron chi connectivity index (χ4n) is 4.19. The van der Waals surface area contributed by atoms with E-state index in [9.17, 15) is 14.4 Å². The molecule has 4 rings (SSSR count). The molecular formula is C27H26N2O5. The molecule has 1 aliphatic rings. The van der Waals surface area contributed by atoms with E-state index >= 15 is 0 Å². The van der Waals surface area contributed by atoms with Crippen LogP contribution in [0.25, 0.3) is 11.1 Å². The maximum atomic E-state index is 12.7. The molecule has 0 saturated heterocycles. The van der Waals surface area contributed by atoms with Crippen LogP contribution in [-0.4, -0.2) is 44.3 Å². The Hall–Kier alpha value is -3.97. The molecule has 2 N–H and O–H groups in total. The summed E-state index contributed by atoms with van der Waals surface area (Å²) in [6, 6.07) is 24.7. The smallest absolute Gasteiger partial charge is 0.407 e. The first-order valence-corrected chi connectivity index (χ1v) is 11.1. The number of alkyl carbamates (subject to hydrolysis) is 1. The van der Waals surface area contributed by atoms with E-state index in [2.05, 4.69) is 22.8 Å². The lowest BCUT2D eigenvalue weighted by molar-refractivity contribution is -0.125. The summed E-state index contributed by atoms with van der Waals surface area (Å²) in [4.78, 5) is 35.8. The lowest BCUT2D eigenvalue weighted by atomic mass is 9.98. The van der Waals surface area contributed by atoms with Crippen LogP contribution < -0.4 is 10.6 Å². The highest BCUT2D eigenvalue weighted by molar-refractivity contribution is 5.86. The van der Waals surface area contributed by atoms with Gasteiger partial charge in [-0.1, -0.05) is 78.9 Å². The fraction of sp³-hybridized carbons (Fsp3) is 0.222. The molecule has 0 heterocycles. The number of fused-ring (bicyclic) bond motifs is 3. The number of nitrogens with one attached hydrogen (secondary N) is 2. The summed E-state index contributed by atoms with van der Waals surface area (Å²) < 4.78 is 10.6. The van der Waals surface area contributed by atoms with Crippen molar-refractivity contribution in [1.29, 1.82) is 0 Å². The molecule has 174 valence electrons. The molecule has 34 heavy (non-hydrogen) atoms. The van der Waals surface area contributed by atoms with E-state index in [1.165, 1.54) is 0 Å². The molecule has 3 aromatic carbocycles. The van der Waals surface area contributed by atoms with Crippen LogP contribution in [0.15, 0.2) is 78.9 Å². The molecule has 3 aromatic rings. The summed E-state index contributed by atoms with van der Waals surface area (Å²) in [5.74, 6) is -0.500. The van der Waals surface area contributed by atoms with Gasteiger partial charge in [0.05, 0.1) is 0 Å². The van der Waals surface area contributed by atoms with E-state index in [0.717, 1.165) is 27.8 Å². The molecule has 0 radical (unpaired) electrons. The van der Waals surface area contributed by atoms with Gasteiger partial charge in [0.15, 0.2) is 0 Å². The van der Waals surface area contributed by atoms with Crippen LogP contribution in [0.1, 0.15) is 22.6 Å². The average Bonchev–Trinajstić information content (AvgIpc) is 3.19. The number of benzene rings is 3. The number of aldehydes is 1. The van der Waals surface area contributed by atoms with Crippen LogP contribution in [0.3, 0.4) is 0 Å². The summed E-state index contributed by atoms with van der Waals surface area (Å²) >= 11 is 0. The van der Waals surface area contributed by atoms with Gasteiger partial charge < -0.3 is 24.9 Å². The highest BCUT2D eigenvalue weighted by Crippen LogP contribution is 2.44. The Labute approximate surface area is 198 Å². The Bertz CT molecular complexity index is 1100. The Morgan fingerprint density at radius 1 is 0.882 bits per heavy atom. The second-order valence-corrected chi connectivity index (χ2v) is 7.94. The largest absolute Gasteiger partial charge is 0.449 e. The van der Waals surface area contributed by atoms with Gasteiger partial charge in [0.25, 0.3) is 0 Å². The Balaban J connectivity index is 1.41. The standard InChI is InChI=1S/C27H26N2O5/c30-14-15-33-18-28-26(31)25(16-19-8-2-1-3-9-19)29-27(32)34-17-24-22-12-6-4-10-20(22)21-11-5-7-13-23(21)24/h1-14,24-25H,15-18H2,(H,28,31)(H,29,32). The minimum absolute atomic E-state index is 0.0729. The van der Waals surface area contributed by atoms with E-state index < -0.39 is 18.0 Å². The van der Waals surface area contributed by atoms with Crippen molar-refractivity contribution in [3.05, 3.63) is 95.6 Å². The molecule has 0 bridgehead atoms. The van der Waals surface area contributed by atoms with Crippen LogP contribution in [0, 0.1) is 0 Å². The summed E-state index contributed by atoms with van der Waals surface area (Å²) in [6.45, 7) is -0.0966. The van der Waals surface area contributed by atoms with Crippen molar-refractivity contribution in [2.45, 2.75) is 18.4 Å². The molecular weight excluding hydrogens is 432 g/mol. The highest BCUT2D eigenvalue weighted by atomic mass is 16.5. The molecule has 1 unspecified atom stereocenters. The normalized spacial score (nSPS) is 12.8. The van der Waals surface area contributed by atoms with Gasteiger partial charge in [0.2, 0.25) is 5.91 Å². The van der Waals surface area contributed by atoms with E-state index in [1.807, 2.05) is 66.7 Å². The SMILES string of the molecule is O=CCOCNC(=O)C(Cc1ccccc1)NC(=O)OCC1c2ccccc2-c2ccccc21. The van der Waals surface area contributed by atoms with Gasteiger partial charge in [0.1, 0.15) is 32.3 Å². The lowest BCUT2D eigenvalue weighted by Crippen LogP contribution is -2.48. The Morgan fingerprint density at radius 3 is 2.15 bits per heavy atom. The second-order valence-electron chi connectivity index (χ2n) is 7.94. The summed E-state index contributed by atoms with van der Waals surface area (Å²) in [5.41, 5.74) is 5.40. The van der Waals surface area contributed by atoms with Crippen molar-refractivity contribution < 1.29 is 23.9 Å². The topological polar surface area (TPSA) is 93.7 Å². The minimum atomic E-state index is -0.863. The van der Waals surface area contributed by atoms with E-state index in [1.54, 1.807) is 0 Å². The minimum Gasteiger partial charge on any atom is -0.449 e. The van der Waals surface area contributed by atoms with Crippen molar-refractivity contribution >= 4 is 18.3 Å². The quantitative estimate of drug-likeness (QED) is 0.276. The molecule has 0 spiro atoms. The lowest BCUT2D eigenvalue weighted by Gasteiger charge is -2.20. The summed E-state index contributed by atoms with van der Waals surface area (Å²) in [6.07, 6.45) is 0.208. The van der Waals surface area contributed by atoms with Gasteiger partial charge in [-0.25, -0.2) is 4.79 Å². The summed E-state index contributed by atoms with van der Waals surface area (Å²) in [7, 11) is 0. The van der Waals surface area contributed by atoms with E-state index in [4.69, 9.17) is 9.47 Å². The molecule has 0 fully saturated rings. The van der Waals surface area contributed by atoms with Gasteiger partial charge in [-0.15, -0.1) is 0 Å². The number of amides is 2. The van der Waals surface area contributed by atoms with Gasteiger partial charge in [0, 0.05) is 12.3 Å². The predicted octanol–water partition coefficient (Wildman–Crippen LogP) is 3.43. The third-order valence-corrected chi connectivity index (χ3v) is 5.77. The van der Waals surface area contributed by atoms with Crippen molar-refractivity contribution in [3.8, 4) is 11.1 Å². The van der Waals surface area contributed by atoms with Gasteiger partial charge in [-0.05, 0) is 27.8 Å². The number of ether oxygens (including phenoxy) is 2. The van der Waals surface area contributed by atoms with Crippen molar-refractivity contribution in [1.82, 2.24) is 10.6 Å². The van der Waals surface area contributed by atoms with Crippen LogP contribution in [0.4, 0.5) is 4.79 Å². The van der Waals surface area contributed by atoms with E-state index in [0.29, 0.717) is 6.29 Å². The van der Waals surface area contributed by atoms with Gasteiger partial charge in [-0.2, -0.15) is 0 Å². The third kappa shape index (κ3) is 5.50. The van der Waals surface area contributed by atoms with Crippen molar-refractivity contribution in [2.24, 2.45) is 0 Å². The molecule has 7 heteroatoms. The van der Waals surface area contributed by atoms with Crippen LogP contribution in [0.5, 0.6) is 0 Å². The molecule has 7 nitrogen and oxygen atoms in total. The molecule has 1 aliphatic carbocycles. The van der Waals surface area contributed by atoms with Crippen molar-refractivity contribution in [3.63, 3.8) is 0 Å². The molecule has 0 aromatic heterocycles. The highest BCUT2D eigenvalue weighted by Gasteiger charge is 2.29. The Morgan fingerprint density at radius 2 is 1.50 bits per heavy atom. The zero-order valence-electron chi connectivity index (χ0n) is 18.6. The number of hydrogen-bond acceptors (Lipinski definition) is 5. The average molecular weight is 459 g/mol. The Kier molecular flexibility index (Phi) is 7.67. The third-order valence-electron chi connectivity index (χ3n) is 5.77. The number of hydrogen-bond donors (Lipinski definition) is 2. The number of carbonyl (C=O) groups is 3. The van der Waals surface area contributed by atoms with Crippen LogP contribution in [-0.2, 0) is 25.5 Å². The zero-order chi connectivity index (χ0) is 23.8. The van der Waals surface area contributed by atoms with E-state index in [-0.39, 0.29) is 32.3 Å². The molecule has 0 saturated carbocycles. The predicted molar refractivity (Wildman–Crippen MR) is 127 cm³/mol. The van der Waals surface area contributed by atoms with Crippen LogP contribution >= 0.6 is 0 Å². The maximum Gasteiger partial charge on any atom is 0.407 e. The van der Waals surface area contributed by atoms with Gasteiger partial charge >= 0.3 is 6.09 Å². The van der Waals surface area contributed by atoms with Crippen LogP contribution in [0.2, 0.25) is 0 Å². The van der Waals surface area contributed by atoms with Gasteiger partial charge in [-0.3, -0.25) is 4.79 Å². The first-order chi connectivity index (χ1) is 16.7. The summed E-state index contributed by atoms with van der Waals surface area (Å²) in [5, 5.41) is 5.26. The first kappa shape index (κ1) is 23.2.